The van der Waals surface area contributed by atoms with Gasteiger partial charge in [0.1, 0.15) is 5.75 Å². The van der Waals surface area contributed by atoms with Gasteiger partial charge in [-0.3, -0.25) is 24.6 Å². The molecule has 0 aromatic heterocycles. The van der Waals surface area contributed by atoms with Gasteiger partial charge >= 0.3 is 0 Å². The molecule has 0 N–H and O–H groups in total. The van der Waals surface area contributed by atoms with Crippen LogP contribution < -0.4 is 4.74 Å². The van der Waals surface area contributed by atoms with E-state index in [4.69, 9.17) is 4.74 Å². The average molecular weight is 449 g/mol. The number of nitro benzene ring substituents is 1. The number of hydrogen-bond acceptors (Lipinski definition) is 6. The number of nitrogens with zero attached hydrogens (tertiary/aromatic N) is 2. The molecule has 138 valence electrons. The first-order valence-corrected chi connectivity index (χ1v) is 9.32. The summed E-state index contributed by atoms with van der Waals surface area (Å²) in [6.45, 7) is 0.146. The molecule has 1 aliphatic heterocycles. The number of carbonyl (C=O) groups is 2. The maximum atomic E-state index is 12.7. The maximum Gasteiger partial charge on any atom is 0.293 e. The second kappa shape index (κ2) is 7.93. The van der Waals surface area contributed by atoms with E-state index >= 15 is 0 Å². The van der Waals surface area contributed by atoms with Gasteiger partial charge in [-0.1, -0.05) is 28.1 Å². The van der Waals surface area contributed by atoms with Crippen LogP contribution in [0, 0.1) is 10.1 Å². The van der Waals surface area contributed by atoms with Crippen LogP contribution in [0.15, 0.2) is 51.8 Å². The Balaban J connectivity index is 1.90. The Hall–Kier alpha value is -2.65. The fourth-order valence-electron chi connectivity index (χ4n) is 2.54. The molecule has 0 bridgehead atoms. The third kappa shape index (κ3) is 4.20. The number of methoxy groups -OCH3 is 1. The fourth-order valence-corrected chi connectivity index (χ4v) is 3.82. The molecule has 27 heavy (non-hydrogen) atoms. The number of halogens is 1. The highest BCUT2D eigenvalue weighted by molar-refractivity contribution is 9.10. The summed E-state index contributed by atoms with van der Waals surface area (Å²) in [7, 11) is 1.43. The minimum Gasteiger partial charge on any atom is -0.496 e. The number of non-ortho nitro benzene ring substituents is 1. The van der Waals surface area contributed by atoms with E-state index in [1.807, 2.05) is 24.3 Å². The molecule has 1 fully saturated rings. The Kier molecular flexibility index (Phi) is 5.62. The molecule has 0 aliphatic carbocycles. The van der Waals surface area contributed by atoms with Gasteiger partial charge < -0.3 is 4.74 Å². The zero-order chi connectivity index (χ0) is 19.6. The van der Waals surface area contributed by atoms with Crippen molar-refractivity contribution in [2.45, 2.75) is 6.54 Å². The minimum absolute atomic E-state index is 0.129. The summed E-state index contributed by atoms with van der Waals surface area (Å²) < 4.78 is 6.05. The van der Waals surface area contributed by atoms with Crippen molar-refractivity contribution in [1.82, 2.24) is 4.90 Å². The van der Waals surface area contributed by atoms with Gasteiger partial charge in [-0.15, -0.1) is 0 Å². The summed E-state index contributed by atoms with van der Waals surface area (Å²) in [5, 5.41) is 10.6. The molecule has 1 aliphatic rings. The Labute approximate surface area is 167 Å². The van der Waals surface area contributed by atoms with Gasteiger partial charge in [0, 0.05) is 22.2 Å². The van der Waals surface area contributed by atoms with Crippen LogP contribution in [0.5, 0.6) is 5.75 Å². The normalized spacial score (nSPS) is 15.5. The van der Waals surface area contributed by atoms with E-state index in [1.54, 1.807) is 0 Å². The Morgan fingerprint density at radius 2 is 2.04 bits per heavy atom. The molecule has 1 saturated heterocycles. The predicted molar refractivity (Wildman–Crippen MR) is 105 cm³/mol. The van der Waals surface area contributed by atoms with Crippen LogP contribution >= 0.6 is 27.7 Å². The minimum atomic E-state index is -0.532. The smallest absolute Gasteiger partial charge is 0.293 e. The third-order valence-electron chi connectivity index (χ3n) is 3.81. The van der Waals surface area contributed by atoms with Crippen molar-refractivity contribution in [2.75, 3.05) is 7.11 Å². The molecular weight excluding hydrogens is 436 g/mol. The quantitative estimate of drug-likeness (QED) is 0.377. The van der Waals surface area contributed by atoms with Crippen LogP contribution in [0.25, 0.3) is 6.08 Å². The number of benzene rings is 2. The Bertz CT molecular complexity index is 976. The van der Waals surface area contributed by atoms with Gasteiger partial charge in [0.15, 0.2) is 0 Å². The van der Waals surface area contributed by atoms with Crippen molar-refractivity contribution in [2.24, 2.45) is 0 Å². The van der Waals surface area contributed by atoms with Crippen molar-refractivity contribution in [3.05, 3.63) is 73.1 Å². The number of hydrogen-bond donors (Lipinski definition) is 0. The summed E-state index contributed by atoms with van der Waals surface area (Å²) in [6.07, 6.45) is 1.44. The van der Waals surface area contributed by atoms with Gasteiger partial charge in [0.2, 0.25) is 0 Å². The summed E-state index contributed by atoms with van der Waals surface area (Å²) in [5.74, 6) is -0.0714. The predicted octanol–water partition coefficient (Wildman–Crippen LogP) is 4.60. The van der Waals surface area contributed by atoms with E-state index in [0.717, 1.165) is 26.7 Å². The van der Waals surface area contributed by atoms with Gasteiger partial charge in [0.05, 0.1) is 23.5 Å². The van der Waals surface area contributed by atoms with Crippen LogP contribution in [-0.4, -0.2) is 28.1 Å². The number of amides is 2. The van der Waals surface area contributed by atoms with Crippen LogP contribution in [0.4, 0.5) is 10.5 Å². The van der Waals surface area contributed by atoms with Crippen molar-refractivity contribution in [3.63, 3.8) is 0 Å². The topological polar surface area (TPSA) is 89.8 Å². The fraction of sp³-hybridized carbons (Fsp3) is 0.111. The highest BCUT2D eigenvalue weighted by atomic mass is 79.9. The monoisotopic (exact) mass is 448 g/mol. The SMILES string of the molecule is COc1ccc([N+](=O)[O-])cc1/C=C1/SC(=O)N(Cc2cccc(Br)c2)C1=O. The molecular formula is C18H13BrN2O5S. The lowest BCUT2D eigenvalue weighted by molar-refractivity contribution is -0.384. The molecule has 0 saturated carbocycles. The number of ether oxygens (including phenoxy) is 1. The number of carbonyl (C=O) groups excluding carboxylic acids is 2. The van der Waals surface area contributed by atoms with E-state index in [1.165, 1.54) is 31.4 Å². The standard InChI is InChI=1S/C18H13BrN2O5S/c1-26-15-6-5-14(21(24)25)8-12(15)9-16-17(22)20(18(23)27-16)10-11-3-2-4-13(19)7-11/h2-9H,10H2,1H3/b16-9+. The molecule has 1 heterocycles. The van der Waals surface area contributed by atoms with Crippen LogP contribution in [0.1, 0.15) is 11.1 Å². The van der Waals surface area contributed by atoms with E-state index in [9.17, 15) is 19.7 Å². The molecule has 0 radical (unpaired) electrons. The summed E-state index contributed by atoms with van der Waals surface area (Å²) in [6, 6.07) is 11.4. The lowest BCUT2D eigenvalue weighted by Gasteiger charge is -2.12. The third-order valence-corrected chi connectivity index (χ3v) is 5.21. The first-order chi connectivity index (χ1) is 12.9. The Morgan fingerprint density at radius 1 is 1.26 bits per heavy atom. The van der Waals surface area contributed by atoms with Crippen LogP contribution in [-0.2, 0) is 11.3 Å². The molecule has 0 unspecified atom stereocenters. The van der Waals surface area contributed by atoms with Gasteiger partial charge in [0.25, 0.3) is 16.8 Å². The first-order valence-electron chi connectivity index (χ1n) is 7.71. The molecule has 2 amide bonds. The number of imide groups is 1. The molecule has 9 heteroatoms. The van der Waals surface area contributed by atoms with E-state index in [2.05, 4.69) is 15.9 Å². The van der Waals surface area contributed by atoms with Crippen molar-refractivity contribution in [3.8, 4) is 5.75 Å². The molecule has 7 nitrogen and oxygen atoms in total. The summed E-state index contributed by atoms with van der Waals surface area (Å²) in [4.78, 5) is 36.7. The zero-order valence-electron chi connectivity index (χ0n) is 14.0. The molecule has 0 atom stereocenters. The van der Waals surface area contributed by atoms with E-state index < -0.39 is 16.1 Å². The van der Waals surface area contributed by atoms with Gasteiger partial charge in [-0.05, 0) is 41.6 Å². The number of rotatable bonds is 5. The van der Waals surface area contributed by atoms with Crippen LogP contribution in [0.2, 0.25) is 0 Å². The molecule has 2 aromatic rings. The van der Waals surface area contributed by atoms with Gasteiger partial charge in [-0.25, -0.2) is 0 Å². The number of nitro groups is 1. The highest BCUT2D eigenvalue weighted by Crippen LogP contribution is 2.36. The summed E-state index contributed by atoms with van der Waals surface area (Å²) in [5.41, 5.74) is 1.04. The van der Waals surface area contributed by atoms with E-state index in [0.29, 0.717) is 11.3 Å². The Morgan fingerprint density at radius 3 is 2.70 bits per heavy atom. The maximum absolute atomic E-state index is 12.7. The van der Waals surface area contributed by atoms with Gasteiger partial charge in [-0.2, -0.15) is 0 Å². The molecule has 3 rings (SSSR count). The van der Waals surface area contributed by atoms with E-state index in [-0.39, 0.29) is 17.1 Å². The van der Waals surface area contributed by atoms with Crippen molar-refractivity contribution in [1.29, 1.82) is 0 Å². The largest absolute Gasteiger partial charge is 0.496 e. The molecule has 2 aromatic carbocycles. The highest BCUT2D eigenvalue weighted by Gasteiger charge is 2.35. The number of thioether (sulfide) groups is 1. The molecule has 0 spiro atoms. The second-order valence-corrected chi connectivity index (χ2v) is 7.49. The zero-order valence-corrected chi connectivity index (χ0v) is 16.5. The lowest BCUT2D eigenvalue weighted by Crippen LogP contribution is -2.27. The summed E-state index contributed by atoms with van der Waals surface area (Å²) >= 11 is 4.15. The average Bonchev–Trinajstić information content (AvgIpc) is 2.89. The lowest BCUT2D eigenvalue weighted by atomic mass is 10.1. The first kappa shape index (κ1) is 19.1. The van der Waals surface area contributed by atoms with Crippen LogP contribution in [0.3, 0.4) is 0 Å². The van der Waals surface area contributed by atoms with Crippen molar-refractivity contribution >= 4 is 50.6 Å². The van der Waals surface area contributed by atoms with Crippen molar-refractivity contribution < 1.29 is 19.2 Å². The second-order valence-electron chi connectivity index (χ2n) is 5.58.